The summed E-state index contributed by atoms with van der Waals surface area (Å²) < 4.78 is 49.2. The molecule has 11 heteroatoms. The number of rotatable bonds is 11. The van der Waals surface area contributed by atoms with E-state index in [0.29, 0.717) is 28.5 Å². The molecule has 0 radical (unpaired) electrons. The van der Waals surface area contributed by atoms with Gasteiger partial charge in [0.25, 0.3) is 15.9 Å². The first kappa shape index (κ1) is 27.3. The fourth-order valence-corrected chi connectivity index (χ4v) is 4.88. The molecule has 37 heavy (non-hydrogen) atoms. The van der Waals surface area contributed by atoms with Gasteiger partial charge in [-0.15, -0.1) is 0 Å². The highest BCUT2D eigenvalue weighted by atomic mass is 32.2. The summed E-state index contributed by atoms with van der Waals surface area (Å²) in [5.41, 5.74) is 3.81. The molecule has 3 aromatic carbocycles. The normalized spacial score (nSPS) is 11.4. The fourth-order valence-electron chi connectivity index (χ4n) is 3.45. The van der Waals surface area contributed by atoms with E-state index in [2.05, 4.69) is 10.5 Å². The van der Waals surface area contributed by atoms with E-state index in [-0.39, 0.29) is 16.3 Å². The lowest BCUT2D eigenvalue weighted by Gasteiger charge is -2.25. The number of anilines is 1. The van der Waals surface area contributed by atoms with Crippen LogP contribution in [0.1, 0.15) is 12.5 Å². The van der Waals surface area contributed by atoms with Crippen LogP contribution >= 0.6 is 0 Å². The van der Waals surface area contributed by atoms with E-state index >= 15 is 0 Å². The number of carbonyl (C=O) groups excluding carboxylic acids is 1. The molecule has 0 saturated carbocycles. The molecule has 0 spiro atoms. The van der Waals surface area contributed by atoms with Crippen LogP contribution in [0.4, 0.5) is 5.69 Å². The smallest absolute Gasteiger partial charge is 0.264 e. The van der Waals surface area contributed by atoms with Gasteiger partial charge in [0, 0.05) is 5.56 Å². The Kier molecular flexibility index (Phi) is 8.96. The molecular weight excluding hydrogens is 498 g/mol. The zero-order valence-electron chi connectivity index (χ0n) is 21.2. The zero-order valence-corrected chi connectivity index (χ0v) is 22.0. The number of nitrogens with one attached hydrogen (secondary N) is 1. The molecule has 0 aliphatic heterocycles. The Labute approximate surface area is 216 Å². The van der Waals surface area contributed by atoms with Crippen molar-refractivity contribution in [3.63, 3.8) is 0 Å². The van der Waals surface area contributed by atoms with E-state index in [4.69, 9.17) is 18.9 Å². The number of nitrogens with zero attached hydrogens (tertiary/aromatic N) is 2. The largest absolute Gasteiger partial charge is 0.497 e. The molecule has 0 atom stereocenters. The maximum atomic E-state index is 13.6. The maximum absolute atomic E-state index is 13.6. The summed E-state index contributed by atoms with van der Waals surface area (Å²) in [6.45, 7) is 1.16. The summed E-state index contributed by atoms with van der Waals surface area (Å²) in [6, 6.07) is 17.6. The van der Waals surface area contributed by atoms with Crippen LogP contribution in [0, 0.1) is 0 Å². The molecule has 10 nitrogen and oxygen atoms in total. The Bertz CT molecular complexity index is 1370. The molecule has 0 aliphatic carbocycles. The first-order chi connectivity index (χ1) is 17.7. The minimum Gasteiger partial charge on any atom is -0.497 e. The Morgan fingerprint density at radius 1 is 0.838 bits per heavy atom. The number of para-hydroxylation sites is 2. The van der Waals surface area contributed by atoms with E-state index in [9.17, 15) is 13.2 Å². The first-order valence-electron chi connectivity index (χ1n) is 11.1. The van der Waals surface area contributed by atoms with Crippen molar-refractivity contribution in [3.05, 3.63) is 72.3 Å². The summed E-state index contributed by atoms with van der Waals surface area (Å²) in [5.74, 6) is 1.20. The third-order valence-corrected chi connectivity index (χ3v) is 7.21. The summed E-state index contributed by atoms with van der Waals surface area (Å²) in [5, 5.41) is 4.14. The standard InChI is InChI=1S/C26H29N3O7S/c1-18(19-10-15-24(35-4)25(16-19)36-5)27-28-26(30)17-29(22-8-6-7-9-23(22)34-3)37(31,32)21-13-11-20(33-2)12-14-21/h6-16H,17H2,1-5H3,(H,28,30)/b27-18-. The summed E-state index contributed by atoms with van der Waals surface area (Å²) >= 11 is 0. The van der Waals surface area contributed by atoms with Gasteiger partial charge in [0.15, 0.2) is 11.5 Å². The number of methoxy groups -OCH3 is 4. The fraction of sp³-hybridized carbons (Fsp3) is 0.231. The Hall–Kier alpha value is -4.25. The van der Waals surface area contributed by atoms with Crippen molar-refractivity contribution in [1.29, 1.82) is 0 Å². The van der Waals surface area contributed by atoms with Crippen molar-refractivity contribution < 1.29 is 32.2 Å². The molecular formula is C26H29N3O7S. The lowest BCUT2D eigenvalue weighted by Crippen LogP contribution is -2.40. The molecule has 0 fully saturated rings. The number of hydrazone groups is 1. The van der Waals surface area contributed by atoms with E-state index in [1.807, 2.05) is 0 Å². The summed E-state index contributed by atoms with van der Waals surface area (Å²) in [7, 11) is 1.81. The van der Waals surface area contributed by atoms with Gasteiger partial charge in [0.1, 0.15) is 18.0 Å². The first-order valence-corrected chi connectivity index (χ1v) is 12.5. The van der Waals surface area contributed by atoms with Crippen molar-refractivity contribution in [2.45, 2.75) is 11.8 Å². The third-order valence-electron chi connectivity index (χ3n) is 5.44. The summed E-state index contributed by atoms with van der Waals surface area (Å²) in [6.07, 6.45) is 0. The average Bonchev–Trinajstić information content (AvgIpc) is 2.94. The lowest BCUT2D eigenvalue weighted by molar-refractivity contribution is -0.119. The van der Waals surface area contributed by atoms with Crippen LogP contribution in [-0.4, -0.2) is 55.0 Å². The lowest BCUT2D eigenvalue weighted by atomic mass is 10.1. The van der Waals surface area contributed by atoms with Crippen LogP contribution in [0.3, 0.4) is 0 Å². The predicted molar refractivity (Wildman–Crippen MR) is 140 cm³/mol. The summed E-state index contributed by atoms with van der Waals surface area (Å²) in [4.78, 5) is 12.9. The SMILES string of the molecule is COc1ccc(S(=O)(=O)N(CC(=O)N/N=C(/C)c2ccc(OC)c(OC)c2)c2ccccc2OC)cc1. The van der Waals surface area contributed by atoms with Gasteiger partial charge in [-0.25, -0.2) is 13.8 Å². The number of amides is 1. The average molecular weight is 528 g/mol. The van der Waals surface area contributed by atoms with Gasteiger partial charge in [-0.1, -0.05) is 12.1 Å². The van der Waals surface area contributed by atoms with Crippen molar-refractivity contribution >= 4 is 27.3 Å². The van der Waals surface area contributed by atoms with Crippen molar-refractivity contribution in [2.75, 3.05) is 39.3 Å². The molecule has 1 N–H and O–H groups in total. The molecule has 196 valence electrons. The maximum Gasteiger partial charge on any atom is 0.264 e. The van der Waals surface area contributed by atoms with Crippen LogP contribution in [0.25, 0.3) is 0 Å². The number of ether oxygens (including phenoxy) is 4. The highest BCUT2D eigenvalue weighted by Crippen LogP contribution is 2.32. The quantitative estimate of drug-likeness (QED) is 0.300. The van der Waals surface area contributed by atoms with E-state index in [1.54, 1.807) is 49.4 Å². The van der Waals surface area contributed by atoms with Crippen LogP contribution in [0.15, 0.2) is 76.7 Å². The van der Waals surface area contributed by atoms with Gasteiger partial charge in [-0.3, -0.25) is 9.10 Å². The van der Waals surface area contributed by atoms with Gasteiger partial charge in [0.05, 0.1) is 44.7 Å². The van der Waals surface area contributed by atoms with Crippen molar-refractivity contribution in [1.82, 2.24) is 5.43 Å². The van der Waals surface area contributed by atoms with E-state index < -0.39 is 22.5 Å². The Morgan fingerprint density at radius 3 is 2.11 bits per heavy atom. The molecule has 3 rings (SSSR count). The second-order valence-electron chi connectivity index (χ2n) is 7.66. The van der Waals surface area contributed by atoms with E-state index in [0.717, 1.165) is 4.31 Å². The number of hydrogen-bond acceptors (Lipinski definition) is 8. The zero-order chi connectivity index (χ0) is 27.0. The minimum absolute atomic E-state index is 0.0167. The molecule has 0 saturated heterocycles. The monoisotopic (exact) mass is 527 g/mol. The Balaban J connectivity index is 1.90. The highest BCUT2D eigenvalue weighted by molar-refractivity contribution is 7.92. The number of benzene rings is 3. The van der Waals surface area contributed by atoms with Gasteiger partial charge in [-0.05, 0) is 61.5 Å². The van der Waals surface area contributed by atoms with Crippen LogP contribution in [0.2, 0.25) is 0 Å². The second-order valence-corrected chi connectivity index (χ2v) is 9.52. The predicted octanol–water partition coefficient (Wildman–Crippen LogP) is 3.46. The van der Waals surface area contributed by atoms with Gasteiger partial charge >= 0.3 is 0 Å². The molecule has 0 unspecified atom stereocenters. The van der Waals surface area contributed by atoms with E-state index in [1.165, 1.54) is 52.7 Å². The highest BCUT2D eigenvalue weighted by Gasteiger charge is 2.29. The molecule has 0 bridgehead atoms. The molecule has 0 aliphatic rings. The van der Waals surface area contributed by atoms with Crippen LogP contribution < -0.4 is 28.7 Å². The van der Waals surface area contributed by atoms with Gasteiger partial charge in [0.2, 0.25) is 0 Å². The number of carbonyl (C=O) groups is 1. The van der Waals surface area contributed by atoms with Crippen molar-refractivity contribution in [3.8, 4) is 23.0 Å². The number of sulfonamides is 1. The van der Waals surface area contributed by atoms with Crippen LogP contribution in [0.5, 0.6) is 23.0 Å². The van der Waals surface area contributed by atoms with Gasteiger partial charge in [-0.2, -0.15) is 5.10 Å². The Morgan fingerprint density at radius 2 is 1.49 bits per heavy atom. The minimum atomic E-state index is -4.16. The topological polar surface area (TPSA) is 116 Å². The van der Waals surface area contributed by atoms with Crippen molar-refractivity contribution in [2.24, 2.45) is 5.10 Å². The molecule has 1 amide bonds. The van der Waals surface area contributed by atoms with Crippen LogP contribution in [-0.2, 0) is 14.8 Å². The molecule has 0 aromatic heterocycles. The third kappa shape index (κ3) is 6.31. The number of hydrogen-bond donors (Lipinski definition) is 1. The molecule has 3 aromatic rings. The second kappa shape index (κ2) is 12.1. The van der Waals surface area contributed by atoms with Gasteiger partial charge < -0.3 is 18.9 Å². The molecule has 0 heterocycles.